The van der Waals surface area contributed by atoms with Crippen LogP contribution < -0.4 is 10.9 Å². The third kappa shape index (κ3) is 2.24. The van der Waals surface area contributed by atoms with Gasteiger partial charge in [-0.25, -0.2) is 0 Å². The molecule has 0 bridgehead atoms. The van der Waals surface area contributed by atoms with Crippen molar-refractivity contribution in [1.29, 1.82) is 0 Å². The summed E-state index contributed by atoms with van der Waals surface area (Å²) >= 11 is 1.58. The second kappa shape index (κ2) is 4.85. The minimum absolute atomic E-state index is 0.0374. The summed E-state index contributed by atoms with van der Waals surface area (Å²) in [7, 11) is 1.86. The second-order valence-corrected chi connectivity index (χ2v) is 5.18. The number of pyridine rings is 2. The number of hydrogen-bond acceptors (Lipinski definition) is 4. The summed E-state index contributed by atoms with van der Waals surface area (Å²) in [6.45, 7) is 0.486. The summed E-state index contributed by atoms with van der Waals surface area (Å²) < 4.78 is 2.72. The summed E-state index contributed by atoms with van der Waals surface area (Å²) in [4.78, 5) is 16.6. The van der Waals surface area contributed by atoms with E-state index >= 15 is 0 Å². The summed E-state index contributed by atoms with van der Waals surface area (Å²) in [5.74, 6) is 0. The van der Waals surface area contributed by atoms with Crippen LogP contribution in [0.15, 0.2) is 46.8 Å². The van der Waals surface area contributed by atoms with Crippen molar-refractivity contribution in [3.8, 4) is 0 Å². The lowest BCUT2D eigenvalue weighted by Gasteiger charge is -2.07. The predicted molar refractivity (Wildman–Crippen MR) is 79.0 cm³/mol. The van der Waals surface area contributed by atoms with Crippen LogP contribution in [0.25, 0.3) is 10.1 Å². The summed E-state index contributed by atoms with van der Waals surface area (Å²) in [6.07, 6.45) is 3.57. The van der Waals surface area contributed by atoms with Crippen LogP contribution in [0.3, 0.4) is 0 Å². The number of nitrogens with one attached hydrogen (secondary N) is 1. The average molecular weight is 271 g/mol. The van der Waals surface area contributed by atoms with Gasteiger partial charge in [0.1, 0.15) is 0 Å². The largest absolute Gasteiger partial charge is 0.388 e. The fourth-order valence-corrected chi connectivity index (χ4v) is 2.80. The number of rotatable bonds is 3. The Kier molecular flexibility index (Phi) is 3.05. The van der Waals surface area contributed by atoms with Gasteiger partial charge in [-0.1, -0.05) is 0 Å². The molecule has 0 saturated heterocycles. The second-order valence-electron chi connectivity index (χ2n) is 4.23. The number of hydrogen-bond donors (Lipinski definition) is 1. The fraction of sp³-hybridized carbons (Fsp3) is 0.143. The van der Waals surface area contributed by atoms with Gasteiger partial charge in [-0.15, -0.1) is 11.3 Å². The van der Waals surface area contributed by atoms with E-state index in [0.717, 1.165) is 21.5 Å². The molecule has 5 heteroatoms. The van der Waals surface area contributed by atoms with Gasteiger partial charge in [0.05, 0.1) is 17.6 Å². The predicted octanol–water partition coefficient (Wildman–Crippen LogP) is 2.55. The highest BCUT2D eigenvalue weighted by atomic mass is 32.1. The van der Waals surface area contributed by atoms with Crippen molar-refractivity contribution in [2.75, 3.05) is 12.4 Å². The van der Waals surface area contributed by atoms with Crippen LogP contribution in [0, 0.1) is 0 Å². The third-order valence-electron chi connectivity index (χ3n) is 3.03. The van der Waals surface area contributed by atoms with E-state index in [1.807, 2.05) is 42.9 Å². The molecule has 0 aliphatic heterocycles. The third-order valence-corrected chi connectivity index (χ3v) is 3.91. The Bertz CT molecular complexity index is 775. The summed E-state index contributed by atoms with van der Waals surface area (Å²) in [5, 5.41) is 5.78. The number of anilines is 1. The zero-order valence-electron chi connectivity index (χ0n) is 10.5. The Hall–Kier alpha value is -2.14. The number of fused-ring (bicyclic) bond motifs is 1. The first-order chi connectivity index (χ1) is 9.28. The van der Waals surface area contributed by atoms with E-state index in [9.17, 15) is 4.79 Å². The Labute approximate surface area is 114 Å². The maximum absolute atomic E-state index is 12.3. The van der Waals surface area contributed by atoms with Gasteiger partial charge in [-0.05, 0) is 29.6 Å². The van der Waals surface area contributed by atoms with Gasteiger partial charge >= 0.3 is 0 Å². The Morgan fingerprint density at radius 1 is 1.37 bits per heavy atom. The Balaban J connectivity index is 2.00. The molecule has 96 valence electrons. The van der Waals surface area contributed by atoms with Gasteiger partial charge in [-0.3, -0.25) is 9.78 Å². The topological polar surface area (TPSA) is 46.9 Å². The molecule has 19 heavy (non-hydrogen) atoms. The maximum atomic E-state index is 12.3. The number of aromatic nitrogens is 2. The molecule has 0 unspecified atom stereocenters. The first-order valence-electron chi connectivity index (χ1n) is 5.97. The van der Waals surface area contributed by atoms with E-state index in [1.54, 1.807) is 22.1 Å². The van der Waals surface area contributed by atoms with Gasteiger partial charge in [-0.2, -0.15) is 0 Å². The molecule has 0 radical (unpaired) electrons. The summed E-state index contributed by atoms with van der Waals surface area (Å²) in [6, 6.07) is 7.69. The highest BCUT2D eigenvalue weighted by Gasteiger charge is 2.05. The monoisotopic (exact) mass is 271 g/mol. The molecular formula is C14H13N3OS. The van der Waals surface area contributed by atoms with E-state index in [0.29, 0.717) is 6.54 Å². The zero-order valence-corrected chi connectivity index (χ0v) is 11.3. The molecule has 3 rings (SSSR count). The van der Waals surface area contributed by atoms with Crippen molar-refractivity contribution in [2.45, 2.75) is 6.54 Å². The molecule has 3 heterocycles. The van der Waals surface area contributed by atoms with Crippen molar-refractivity contribution >= 4 is 27.1 Å². The van der Waals surface area contributed by atoms with Crippen molar-refractivity contribution in [3.05, 3.63) is 58.1 Å². The van der Waals surface area contributed by atoms with Gasteiger partial charge in [0.25, 0.3) is 5.56 Å². The van der Waals surface area contributed by atoms with Gasteiger partial charge in [0.2, 0.25) is 0 Å². The smallest absolute Gasteiger partial charge is 0.259 e. The highest BCUT2D eigenvalue weighted by Crippen LogP contribution is 2.16. The van der Waals surface area contributed by atoms with Crippen LogP contribution in [-0.4, -0.2) is 16.6 Å². The van der Waals surface area contributed by atoms with E-state index in [4.69, 9.17) is 0 Å². The van der Waals surface area contributed by atoms with Crippen LogP contribution in [0.4, 0.5) is 5.69 Å². The van der Waals surface area contributed by atoms with Crippen LogP contribution in [0.1, 0.15) is 5.69 Å². The molecule has 0 saturated carbocycles. The van der Waals surface area contributed by atoms with Crippen molar-refractivity contribution in [2.24, 2.45) is 0 Å². The van der Waals surface area contributed by atoms with E-state index < -0.39 is 0 Å². The lowest BCUT2D eigenvalue weighted by Crippen LogP contribution is -2.19. The summed E-state index contributed by atoms with van der Waals surface area (Å²) in [5.41, 5.74) is 1.90. The standard InChI is InChI=1S/C14H13N3OS/c1-15-10-2-5-16-11(8-10)9-17-6-3-13-12(14(17)18)4-7-19-13/h2-8H,9H2,1H3,(H,15,16). The highest BCUT2D eigenvalue weighted by molar-refractivity contribution is 7.17. The van der Waals surface area contributed by atoms with E-state index in [-0.39, 0.29) is 5.56 Å². The molecule has 0 aromatic carbocycles. The molecule has 3 aromatic rings. The lowest BCUT2D eigenvalue weighted by atomic mass is 10.3. The number of thiophene rings is 1. The van der Waals surface area contributed by atoms with Gasteiger partial charge in [0, 0.05) is 29.8 Å². The van der Waals surface area contributed by atoms with E-state index in [1.165, 1.54) is 0 Å². The fourth-order valence-electron chi connectivity index (χ4n) is 2.03. The molecule has 0 aliphatic carbocycles. The van der Waals surface area contributed by atoms with Gasteiger partial charge < -0.3 is 9.88 Å². The molecule has 3 aromatic heterocycles. The maximum Gasteiger partial charge on any atom is 0.259 e. The molecule has 4 nitrogen and oxygen atoms in total. The van der Waals surface area contributed by atoms with Crippen molar-refractivity contribution in [1.82, 2.24) is 9.55 Å². The normalized spacial score (nSPS) is 10.8. The van der Waals surface area contributed by atoms with Crippen LogP contribution >= 0.6 is 11.3 Å². The van der Waals surface area contributed by atoms with Crippen LogP contribution in [0.2, 0.25) is 0 Å². The van der Waals surface area contributed by atoms with E-state index in [2.05, 4.69) is 10.3 Å². The van der Waals surface area contributed by atoms with Crippen LogP contribution in [-0.2, 0) is 6.54 Å². The molecule has 0 amide bonds. The first kappa shape index (κ1) is 11.9. The van der Waals surface area contributed by atoms with Crippen LogP contribution in [0.5, 0.6) is 0 Å². The molecular weight excluding hydrogens is 258 g/mol. The minimum atomic E-state index is 0.0374. The zero-order chi connectivity index (χ0) is 13.2. The quantitative estimate of drug-likeness (QED) is 0.796. The number of nitrogens with zero attached hydrogens (tertiary/aromatic N) is 2. The molecule has 0 spiro atoms. The SMILES string of the molecule is CNc1ccnc(Cn2ccc3sccc3c2=O)c1. The molecule has 1 N–H and O–H groups in total. The molecule has 0 aliphatic rings. The molecule has 0 atom stereocenters. The lowest BCUT2D eigenvalue weighted by molar-refractivity contribution is 0.748. The molecule has 0 fully saturated rings. The average Bonchev–Trinajstić information content (AvgIpc) is 2.91. The minimum Gasteiger partial charge on any atom is -0.388 e. The Morgan fingerprint density at radius 3 is 3.11 bits per heavy atom. The van der Waals surface area contributed by atoms with Gasteiger partial charge in [0.15, 0.2) is 0 Å². The Morgan fingerprint density at radius 2 is 2.26 bits per heavy atom. The van der Waals surface area contributed by atoms with Crippen molar-refractivity contribution in [3.63, 3.8) is 0 Å². The first-order valence-corrected chi connectivity index (χ1v) is 6.85. The van der Waals surface area contributed by atoms with Crippen molar-refractivity contribution < 1.29 is 0 Å².